The molecule has 1 aromatic carbocycles. The van der Waals surface area contributed by atoms with E-state index in [-0.39, 0.29) is 11.8 Å². The molecule has 1 saturated heterocycles. The Morgan fingerprint density at radius 3 is 2.55 bits per heavy atom. The maximum atomic E-state index is 12.7. The van der Waals surface area contributed by atoms with E-state index in [9.17, 15) is 9.59 Å². The van der Waals surface area contributed by atoms with E-state index in [0.29, 0.717) is 25.2 Å². The molecule has 1 N–H and O–H groups in total. The van der Waals surface area contributed by atoms with E-state index < -0.39 is 0 Å². The molecule has 7 heteroatoms. The van der Waals surface area contributed by atoms with Crippen molar-refractivity contribution in [2.45, 2.75) is 13.3 Å². The first-order valence-electron chi connectivity index (χ1n) is 10.6. The number of pyridine rings is 1. The number of nitrogens with one attached hydrogen (secondary N) is 1. The molecule has 0 spiro atoms. The molecule has 31 heavy (non-hydrogen) atoms. The molecular weight excluding hydrogens is 392 g/mol. The summed E-state index contributed by atoms with van der Waals surface area (Å²) in [6, 6.07) is 15.8. The maximum Gasteiger partial charge on any atom is 0.252 e. The SMILES string of the molecule is COc1cccc(CCNC(=O)c2ccc3ccc(N4CCN(C(C)=O)CC4)n3c2)c1. The number of carbonyl (C=O) groups is 2. The second-order valence-electron chi connectivity index (χ2n) is 7.75. The largest absolute Gasteiger partial charge is 0.497 e. The topological polar surface area (TPSA) is 66.3 Å². The summed E-state index contributed by atoms with van der Waals surface area (Å²) in [6.45, 7) is 5.16. The van der Waals surface area contributed by atoms with Gasteiger partial charge in [-0.15, -0.1) is 0 Å². The first-order chi connectivity index (χ1) is 15.0. The summed E-state index contributed by atoms with van der Waals surface area (Å²) in [5.41, 5.74) is 2.78. The standard InChI is InChI=1S/C24H28N4O3/c1-18(29)26-12-14-27(15-13-26)23-9-8-21-7-6-20(17-28(21)23)24(30)25-11-10-19-4-3-5-22(16-19)31-2/h3-9,16-17H,10-15H2,1-2H3,(H,25,30). The predicted octanol–water partition coefficient (Wildman–Crippen LogP) is 2.59. The molecule has 0 aliphatic carbocycles. The zero-order chi connectivity index (χ0) is 21.8. The van der Waals surface area contributed by atoms with Crippen LogP contribution in [0.5, 0.6) is 5.75 Å². The van der Waals surface area contributed by atoms with Crippen LogP contribution in [0, 0.1) is 0 Å². The molecule has 0 unspecified atom stereocenters. The van der Waals surface area contributed by atoms with E-state index in [1.807, 2.05) is 47.5 Å². The smallest absolute Gasteiger partial charge is 0.252 e. The summed E-state index contributed by atoms with van der Waals surface area (Å²) in [4.78, 5) is 28.4. The highest BCUT2D eigenvalue weighted by Crippen LogP contribution is 2.22. The van der Waals surface area contributed by atoms with E-state index >= 15 is 0 Å². The molecule has 0 saturated carbocycles. The Morgan fingerprint density at radius 1 is 1.03 bits per heavy atom. The first-order valence-corrected chi connectivity index (χ1v) is 10.6. The molecule has 0 bridgehead atoms. The minimum absolute atomic E-state index is 0.0918. The van der Waals surface area contributed by atoms with Gasteiger partial charge in [0.25, 0.3) is 5.91 Å². The van der Waals surface area contributed by atoms with Gasteiger partial charge in [0, 0.05) is 51.4 Å². The molecule has 1 fully saturated rings. The number of piperazine rings is 1. The Morgan fingerprint density at radius 2 is 1.81 bits per heavy atom. The van der Waals surface area contributed by atoms with Gasteiger partial charge >= 0.3 is 0 Å². The minimum Gasteiger partial charge on any atom is -0.497 e. The second-order valence-corrected chi connectivity index (χ2v) is 7.75. The third kappa shape index (κ3) is 4.66. The van der Waals surface area contributed by atoms with Crippen LogP contribution in [0.3, 0.4) is 0 Å². The number of nitrogens with zero attached hydrogens (tertiary/aromatic N) is 3. The molecular formula is C24H28N4O3. The Kier molecular flexibility index (Phi) is 6.11. The quantitative estimate of drug-likeness (QED) is 0.666. The Labute approximate surface area is 182 Å². The van der Waals surface area contributed by atoms with E-state index in [2.05, 4.69) is 26.8 Å². The number of rotatable bonds is 6. The molecule has 1 aliphatic heterocycles. The molecule has 4 rings (SSSR count). The maximum absolute atomic E-state index is 12.7. The van der Waals surface area contributed by atoms with Gasteiger partial charge in [0.05, 0.1) is 12.7 Å². The number of benzene rings is 1. The van der Waals surface area contributed by atoms with Crippen LogP contribution in [0.4, 0.5) is 5.82 Å². The molecule has 0 atom stereocenters. The molecule has 2 amide bonds. The van der Waals surface area contributed by atoms with Crippen molar-refractivity contribution in [1.82, 2.24) is 14.6 Å². The average Bonchev–Trinajstić information content (AvgIpc) is 3.22. The number of ether oxygens (including phenoxy) is 1. The summed E-state index contributed by atoms with van der Waals surface area (Å²) in [7, 11) is 1.65. The highest BCUT2D eigenvalue weighted by atomic mass is 16.5. The van der Waals surface area contributed by atoms with Crippen LogP contribution in [0.2, 0.25) is 0 Å². The Bertz CT molecular complexity index is 1080. The third-order valence-electron chi connectivity index (χ3n) is 5.77. The van der Waals surface area contributed by atoms with Gasteiger partial charge < -0.3 is 24.3 Å². The minimum atomic E-state index is -0.0918. The van der Waals surface area contributed by atoms with E-state index in [4.69, 9.17) is 4.74 Å². The lowest BCUT2D eigenvalue weighted by molar-refractivity contribution is -0.129. The van der Waals surface area contributed by atoms with Crippen molar-refractivity contribution in [2.75, 3.05) is 44.7 Å². The number of hydrogen-bond acceptors (Lipinski definition) is 4. The highest BCUT2D eigenvalue weighted by molar-refractivity contribution is 5.94. The molecule has 0 radical (unpaired) electrons. The third-order valence-corrected chi connectivity index (χ3v) is 5.77. The molecule has 1 aliphatic rings. The van der Waals surface area contributed by atoms with Crippen LogP contribution in [0.15, 0.2) is 54.7 Å². The van der Waals surface area contributed by atoms with Crippen LogP contribution in [-0.2, 0) is 11.2 Å². The van der Waals surface area contributed by atoms with Gasteiger partial charge in [0.1, 0.15) is 11.6 Å². The number of aromatic nitrogens is 1. The zero-order valence-corrected chi connectivity index (χ0v) is 18.0. The van der Waals surface area contributed by atoms with Crippen molar-refractivity contribution < 1.29 is 14.3 Å². The van der Waals surface area contributed by atoms with E-state index in [1.54, 1.807) is 14.0 Å². The fourth-order valence-corrected chi connectivity index (χ4v) is 3.98. The molecule has 7 nitrogen and oxygen atoms in total. The summed E-state index contributed by atoms with van der Waals surface area (Å²) < 4.78 is 7.31. The summed E-state index contributed by atoms with van der Waals surface area (Å²) in [6.07, 6.45) is 2.63. The number of anilines is 1. The second kappa shape index (κ2) is 9.12. The van der Waals surface area contributed by atoms with E-state index in [1.165, 1.54) is 0 Å². The van der Waals surface area contributed by atoms with Gasteiger partial charge in [-0.3, -0.25) is 9.59 Å². The highest BCUT2D eigenvalue weighted by Gasteiger charge is 2.21. The summed E-state index contributed by atoms with van der Waals surface area (Å²) >= 11 is 0. The summed E-state index contributed by atoms with van der Waals surface area (Å²) in [5.74, 6) is 1.89. The number of hydrogen-bond donors (Lipinski definition) is 1. The van der Waals surface area contributed by atoms with Gasteiger partial charge in [0.2, 0.25) is 5.91 Å². The molecule has 3 aromatic rings. The fourth-order valence-electron chi connectivity index (χ4n) is 3.98. The van der Waals surface area contributed by atoms with Crippen LogP contribution < -0.4 is 15.0 Å². The lowest BCUT2D eigenvalue weighted by Crippen LogP contribution is -2.48. The summed E-state index contributed by atoms with van der Waals surface area (Å²) in [5, 5.41) is 3.01. The average molecular weight is 421 g/mol. The van der Waals surface area contributed by atoms with Gasteiger partial charge in [-0.1, -0.05) is 12.1 Å². The number of methoxy groups -OCH3 is 1. The van der Waals surface area contributed by atoms with Crippen molar-refractivity contribution >= 4 is 23.1 Å². The van der Waals surface area contributed by atoms with Crippen molar-refractivity contribution in [3.05, 3.63) is 65.9 Å². The van der Waals surface area contributed by atoms with E-state index in [0.717, 1.165) is 42.2 Å². The normalized spacial score (nSPS) is 14.0. The van der Waals surface area contributed by atoms with Crippen molar-refractivity contribution in [1.29, 1.82) is 0 Å². The van der Waals surface area contributed by atoms with Gasteiger partial charge in [-0.05, 0) is 48.4 Å². The Hall–Kier alpha value is -3.48. The van der Waals surface area contributed by atoms with Crippen LogP contribution in [-0.4, -0.2) is 60.9 Å². The van der Waals surface area contributed by atoms with Crippen LogP contribution in [0.25, 0.3) is 5.52 Å². The number of fused-ring (bicyclic) bond motifs is 1. The predicted molar refractivity (Wildman–Crippen MR) is 121 cm³/mol. The van der Waals surface area contributed by atoms with Gasteiger partial charge in [0.15, 0.2) is 0 Å². The molecule has 162 valence electrons. The molecule has 2 aromatic heterocycles. The van der Waals surface area contributed by atoms with Crippen LogP contribution >= 0.6 is 0 Å². The monoisotopic (exact) mass is 420 g/mol. The van der Waals surface area contributed by atoms with Gasteiger partial charge in [-0.2, -0.15) is 0 Å². The van der Waals surface area contributed by atoms with Gasteiger partial charge in [-0.25, -0.2) is 0 Å². The van der Waals surface area contributed by atoms with Crippen molar-refractivity contribution in [2.24, 2.45) is 0 Å². The Balaban J connectivity index is 1.42. The zero-order valence-electron chi connectivity index (χ0n) is 18.0. The number of carbonyl (C=O) groups excluding carboxylic acids is 2. The number of amides is 2. The van der Waals surface area contributed by atoms with Crippen LogP contribution in [0.1, 0.15) is 22.8 Å². The van der Waals surface area contributed by atoms with Crippen molar-refractivity contribution in [3.63, 3.8) is 0 Å². The fraction of sp³-hybridized carbons (Fsp3) is 0.333. The lowest BCUT2D eigenvalue weighted by atomic mass is 10.1. The van der Waals surface area contributed by atoms with Crippen molar-refractivity contribution in [3.8, 4) is 5.75 Å². The molecule has 3 heterocycles. The lowest BCUT2D eigenvalue weighted by Gasteiger charge is -2.35. The first kappa shape index (κ1) is 20.8.